The van der Waals surface area contributed by atoms with Crippen molar-refractivity contribution < 1.29 is 19.4 Å². The van der Waals surface area contributed by atoms with Gasteiger partial charge < -0.3 is 14.6 Å². The van der Waals surface area contributed by atoms with Crippen LogP contribution in [0.4, 0.5) is 0 Å². The summed E-state index contributed by atoms with van der Waals surface area (Å²) < 4.78 is 10.3. The molecule has 0 saturated carbocycles. The van der Waals surface area contributed by atoms with Crippen LogP contribution >= 0.6 is 0 Å². The zero-order valence-corrected chi connectivity index (χ0v) is 8.40. The van der Waals surface area contributed by atoms with Crippen LogP contribution in [0.3, 0.4) is 0 Å². The number of ether oxygens (including phenoxy) is 2. The van der Waals surface area contributed by atoms with Gasteiger partial charge in [-0.25, -0.2) is 4.79 Å². The van der Waals surface area contributed by atoms with Crippen LogP contribution in [0.5, 0.6) is 0 Å². The van der Waals surface area contributed by atoms with Crippen molar-refractivity contribution in [3.05, 3.63) is 12.0 Å². The van der Waals surface area contributed by atoms with E-state index in [2.05, 4.69) is 0 Å². The number of carboxylic acid groups (broad SMARTS) is 1. The maximum atomic E-state index is 10.3. The molecule has 1 N–H and O–H groups in total. The Bertz CT molecular complexity index is 182. The van der Waals surface area contributed by atoms with Gasteiger partial charge in [0, 0.05) is 0 Å². The molecule has 0 aromatic rings. The van der Waals surface area contributed by atoms with Crippen LogP contribution < -0.4 is 0 Å². The Kier molecular flexibility index (Phi) is 4.96. The minimum atomic E-state index is -1.07. The van der Waals surface area contributed by atoms with E-state index in [1.54, 1.807) is 27.7 Å². The van der Waals surface area contributed by atoms with E-state index in [0.29, 0.717) is 0 Å². The van der Waals surface area contributed by atoms with Crippen molar-refractivity contribution >= 4 is 5.97 Å². The molecule has 0 spiro atoms. The first-order chi connectivity index (χ1) is 5.91. The second kappa shape index (κ2) is 5.45. The Hall–Kier alpha value is -1.19. The second-order valence-corrected chi connectivity index (χ2v) is 3.13. The van der Waals surface area contributed by atoms with Gasteiger partial charge in [-0.1, -0.05) is 0 Å². The van der Waals surface area contributed by atoms with Gasteiger partial charge in [0.05, 0.1) is 12.2 Å². The van der Waals surface area contributed by atoms with Gasteiger partial charge in [-0.15, -0.1) is 0 Å². The molecule has 76 valence electrons. The van der Waals surface area contributed by atoms with E-state index < -0.39 is 5.97 Å². The first kappa shape index (κ1) is 11.8. The fraction of sp³-hybridized carbons (Fsp3) is 0.667. The quantitative estimate of drug-likeness (QED) is 0.527. The van der Waals surface area contributed by atoms with Gasteiger partial charge >= 0.3 is 5.97 Å². The van der Waals surface area contributed by atoms with Crippen molar-refractivity contribution in [3.63, 3.8) is 0 Å². The fourth-order valence-corrected chi connectivity index (χ4v) is 0.661. The number of hydrogen-bond donors (Lipinski definition) is 1. The fourth-order valence-electron chi connectivity index (χ4n) is 0.661. The molecule has 0 atom stereocenters. The number of rotatable bonds is 5. The minimum absolute atomic E-state index is 0.0532. The van der Waals surface area contributed by atoms with Crippen molar-refractivity contribution in [1.29, 1.82) is 0 Å². The third-order valence-corrected chi connectivity index (χ3v) is 0.945. The number of carboxylic acids is 1. The van der Waals surface area contributed by atoms with Crippen molar-refractivity contribution in [3.8, 4) is 0 Å². The lowest BCUT2D eigenvalue weighted by atomic mass is 10.4. The Morgan fingerprint density at radius 3 is 1.77 bits per heavy atom. The van der Waals surface area contributed by atoms with Gasteiger partial charge in [0.15, 0.2) is 0 Å². The maximum Gasteiger partial charge on any atom is 0.335 e. The molecule has 0 amide bonds. The highest BCUT2D eigenvalue weighted by molar-refractivity contribution is 5.79. The molecule has 4 nitrogen and oxygen atoms in total. The van der Waals surface area contributed by atoms with Gasteiger partial charge in [-0.05, 0) is 27.7 Å². The Morgan fingerprint density at radius 1 is 1.15 bits per heavy atom. The van der Waals surface area contributed by atoms with Crippen LogP contribution in [-0.4, -0.2) is 23.3 Å². The summed E-state index contributed by atoms with van der Waals surface area (Å²) >= 11 is 0. The summed E-state index contributed by atoms with van der Waals surface area (Å²) in [5.41, 5.74) is 0. The summed E-state index contributed by atoms with van der Waals surface area (Å²) in [6.45, 7) is 7.22. The smallest absolute Gasteiger partial charge is 0.335 e. The Labute approximate surface area is 78.2 Å². The van der Waals surface area contributed by atoms with Crippen molar-refractivity contribution in [2.45, 2.75) is 39.9 Å². The van der Waals surface area contributed by atoms with E-state index in [1.807, 2.05) is 0 Å². The Balaban J connectivity index is 4.27. The molecule has 0 rings (SSSR count). The van der Waals surface area contributed by atoms with Crippen LogP contribution in [0.2, 0.25) is 0 Å². The molecule has 0 radical (unpaired) electrons. The normalized spacial score (nSPS) is 10.0. The van der Waals surface area contributed by atoms with Crippen LogP contribution in [0.15, 0.2) is 12.0 Å². The number of aliphatic carboxylic acids is 1. The lowest BCUT2D eigenvalue weighted by Gasteiger charge is -2.16. The molecule has 0 aliphatic rings. The van der Waals surface area contributed by atoms with E-state index >= 15 is 0 Å². The van der Waals surface area contributed by atoms with Gasteiger partial charge in [0.1, 0.15) is 6.08 Å². The summed E-state index contributed by atoms with van der Waals surface area (Å²) in [6, 6.07) is 0. The molecule has 0 bridgehead atoms. The monoisotopic (exact) mass is 188 g/mol. The third kappa shape index (κ3) is 7.18. The topological polar surface area (TPSA) is 55.8 Å². The predicted molar refractivity (Wildman–Crippen MR) is 48.2 cm³/mol. The minimum Gasteiger partial charge on any atom is -0.478 e. The molecule has 0 saturated heterocycles. The molecule has 4 heteroatoms. The molecular formula is C9H16O4. The van der Waals surface area contributed by atoms with Crippen LogP contribution in [0.25, 0.3) is 0 Å². The van der Waals surface area contributed by atoms with E-state index in [1.165, 1.54) is 0 Å². The first-order valence-electron chi connectivity index (χ1n) is 4.19. The zero-order chi connectivity index (χ0) is 10.4. The first-order valence-corrected chi connectivity index (χ1v) is 4.19. The summed E-state index contributed by atoms with van der Waals surface area (Å²) in [7, 11) is 0. The molecule has 0 fully saturated rings. The molecular weight excluding hydrogens is 172 g/mol. The maximum absolute atomic E-state index is 10.3. The summed E-state index contributed by atoms with van der Waals surface area (Å²) in [6.07, 6.45) is 0.730. The van der Waals surface area contributed by atoms with Gasteiger partial charge in [-0.2, -0.15) is 0 Å². The summed E-state index contributed by atoms with van der Waals surface area (Å²) in [5.74, 6) is -1.02. The van der Waals surface area contributed by atoms with Crippen LogP contribution in [0.1, 0.15) is 27.7 Å². The average Bonchev–Trinajstić information content (AvgIpc) is 1.80. The lowest BCUT2D eigenvalue weighted by Crippen LogP contribution is -2.11. The van der Waals surface area contributed by atoms with Crippen molar-refractivity contribution in [2.24, 2.45) is 0 Å². The van der Waals surface area contributed by atoms with Gasteiger partial charge in [0.2, 0.25) is 0 Å². The summed E-state index contributed by atoms with van der Waals surface area (Å²) in [5, 5.41) is 8.47. The van der Waals surface area contributed by atoms with E-state index in [9.17, 15) is 4.79 Å². The molecule has 13 heavy (non-hydrogen) atoms. The van der Waals surface area contributed by atoms with Crippen molar-refractivity contribution in [2.75, 3.05) is 0 Å². The standard InChI is InChI=1S/C9H16O4/c1-6(2)12-9(5-8(10)11)13-7(3)4/h5-7H,1-4H3,(H,10,11). The highest BCUT2D eigenvalue weighted by Crippen LogP contribution is 2.07. The average molecular weight is 188 g/mol. The van der Waals surface area contributed by atoms with E-state index in [4.69, 9.17) is 14.6 Å². The molecule has 0 heterocycles. The second-order valence-electron chi connectivity index (χ2n) is 3.13. The number of hydrogen-bond acceptors (Lipinski definition) is 3. The van der Waals surface area contributed by atoms with E-state index in [0.717, 1.165) is 6.08 Å². The SMILES string of the molecule is CC(C)OC(=CC(=O)O)OC(C)C. The molecule has 0 unspecified atom stereocenters. The molecule has 0 aromatic heterocycles. The van der Waals surface area contributed by atoms with E-state index in [-0.39, 0.29) is 18.2 Å². The molecule has 0 aromatic carbocycles. The zero-order valence-electron chi connectivity index (χ0n) is 8.40. The predicted octanol–water partition coefficient (Wildman–Crippen LogP) is 1.76. The largest absolute Gasteiger partial charge is 0.478 e. The Morgan fingerprint density at radius 2 is 1.54 bits per heavy atom. The third-order valence-electron chi connectivity index (χ3n) is 0.945. The van der Waals surface area contributed by atoms with Crippen LogP contribution in [-0.2, 0) is 14.3 Å². The highest BCUT2D eigenvalue weighted by Gasteiger charge is 2.07. The van der Waals surface area contributed by atoms with Crippen LogP contribution in [0, 0.1) is 0 Å². The lowest BCUT2D eigenvalue weighted by molar-refractivity contribution is -0.132. The molecule has 0 aliphatic heterocycles. The van der Waals surface area contributed by atoms with Gasteiger partial charge in [0.25, 0.3) is 5.95 Å². The summed E-state index contributed by atoms with van der Waals surface area (Å²) in [4.78, 5) is 10.3. The highest BCUT2D eigenvalue weighted by atomic mass is 16.7. The van der Waals surface area contributed by atoms with Crippen molar-refractivity contribution in [1.82, 2.24) is 0 Å². The van der Waals surface area contributed by atoms with Gasteiger partial charge in [-0.3, -0.25) is 0 Å². The molecule has 0 aliphatic carbocycles. The number of carbonyl (C=O) groups is 1.